The molecule has 1 aromatic carbocycles. The van der Waals surface area contributed by atoms with E-state index in [-0.39, 0.29) is 5.91 Å². The third-order valence-corrected chi connectivity index (χ3v) is 4.40. The van der Waals surface area contributed by atoms with Crippen molar-refractivity contribution in [3.63, 3.8) is 0 Å². The Morgan fingerprint density at radius 2 is 1.79 bits per heavy atom. The Hall–Kier alpha value is -2.21. The van der Waals surface area contributed by atoms with Crippen LogP contribution >= 0.6 is 0 Å². The van der Waals surface area contributed by atoms with E-state index < -0.39 is 0 Å². The van der Waals surface area contributed by atoms with Gasteiger partial charge in [-0.1, -0.05) is 29.8 Å². The van der Waals surface area contributed by atoms with Gasteiger partial charge in [0.2, 0.25) is 17.7 Å². The highest BCUT2D eigenvalue weighted by atomic mass is 16.4. The number of piperazine rings is 1. The zero-order valence-corrected chi connectivity index (χ0v) is 14.4. The minimum absolute atomic E-state index is 0.240. The Morgan fingerprint density at radius 3 is 2.42 bits per heavy atom. The number of rotatable bonds is 5. The zero-order chi connectivity index (χ0) is 16.9. The number of nitrogens with zero attached hydrogens (tertiary/aromatic N) is 4. The lowest BCUT2D eigenvalue weighted by Crippen LogP contribution is -2.48. The summed E-state index contributed by atoms with van der Waals surface area (Å²) in [6, 6.07) is 8.40. The first kappa shape index (κ1) is 16.6. The molecule has 1 amide bonds. The van der Waals surface area contributed by atoms with E-state index in [1.54, 1.807) is 6.92 Å². The number of aromatic nitrogens is 2. The minimum atomic E-state index is 0.240. The van der Waals surface area contributed by atoms with E-state index in [2.05, 4.69) is 46.3 Å². The molecule has 2 heterocycles. The van der Waals surface area contributed by atoms with Crippen LogP contribution in [0.1, 0.15) is 29.3 Å². The van der Waals surface area contributed by atoms with E-state index in [4.69, 9.17) is 4.42 Å². The third kappa shape index (κ3) is 4.41. The third-order valence-electron chi connectivity index (χ3n) is 4.40. The molecular formula is C18H24N4O2. The van der Waals surface area contributed by atoms with Crippen LogP contribution in [0.25, 0.3) is 0 Å². The summed E-state index contributed by atoms with van der Waals surface area (Å²) in [6.07, 6.45) is 1.38. The molecule has 0 bridgehead atoms. The molecule has 24 heavy (non-hydrogen) atoms. The van der Waals surface area contributed by atoms with Gasteiger partial charge in [0.25, 0.3) is 0 Å². The van der Waals surface area contributed by atoms with Crippen molar-refractivity contribution in [2.45, 2.75) is 33.2 Å². The van der Waals surface area contributed by atoms with Crippen LogP contribution in [0.4, 0.5) is 0 Å². The van der Waals surface area contributed by atoms with Crippen molar-refractivity contribution in [3.05, 3.63) is 47.2 Å². The highest BCUT2D eigenvalue weighted by molar-refractivity contribution is 5.76. The van der Waals surface area contributed by atoms with Gasteiger partial charge in [-0.2, -0.15) is 0 Å². The smallest absolute Gasteiger partial charge is 0.230 e. The van der Waals surface area contributed by atoms with Crippen LogP contribution in [0.2, 0.25) is 0 Å². The van der Waals surface area contributed by atoms with Crippen LogP contribution in [0.3, 0.4) is 0 Å². The van der Waals surface area contributed by atoms with Crippen LogP contribution in [0.15, 0.2) is 28.7 Å². The normalized spacial score (nSPS) is 15.7. The standard InChI is InChI=1S/C18H24N4O2/c1-14-3-5-16(6-4-14)7-8-18(23)22-11-9-21(10-12-22)13-17-20-19-15(2)24-17/h3-6H,7-13H2,1-2H3. The molecule has 0 atom stereocenters. The van der Waals surface area contributed by atoms with Crippen molar-refractivity contribution < 1.29 is 9.21 Å². The Labute approximate surface area is 142 Å². The molecule has 1 aromatic heterocycles. The first-order chi connectivity index (χ1) is 11.6. The van der Waals surface area contributed by atoms with Gasteiger partial charge in [0.15, 0.2) is 0 Å². The number of hydrogen-bond acceptors (Lipinski definition) is 5. The van der Waals surface area contributed by atoms with Crippen LogP contribution in [-0.2, 0) is 17.8 Å². The molecule has 1 aliphatic heterocycles. The lowest BCUT2D eigenvalue weighted by atomic mass is 10.1. The monoisotopic (exact) mass is 328 g/mol. The second kappa shape index (κ2) is 7.57. The summed E-state index contributed by atoms with van der Waals surface area (Å²) >= 11 is 0. The molecule has 6 nitrogen and oxygen atoms in total. The van der Waals surface area contributed by atoms with Gasteiger partial charge < -0.3 is 9.32 Å². The van der Waals surface area contributed by atoms with Crippen LogP contribution in [0.5, 0.6) is 0 Å². The summed E-state index contributed by atoms with van der Waals surface area (Å²) in [7, 11) is 0. The summed E-state index contributed by atoms with van der Waals surface area (Å²) in [5.74, 6) is 1.48. The lowest BCUT2D eigenvalue weighted by Gasteiger charge is -2.34. The van der Waals surface area contributed by atoms with Gasteiger partial charge in [-0.3, -0.25) is 9.69 Å². The van der Waals surface area contributed by atoms with E-state index >= 15 is 0 Å². The fourth-order valence-electron chi connectivity index (χ4n) is 2.91. The van der Waals surface area contributed by atoms with Gasteiger partial charge in [0.05, 0.1) is 6.54 Å². The Kier molecular flexibility index (Phi) is 5.25. The highest BCUT2D eigenvalue weighted by Crippen LogP contribution is 2.11. The predicted molar refractivity (Wildman–Crippen MR) is 90.4 cm³/mol. The average Bonchev–Trinajstić information content (AvgIpc) is 2.99. The molecule has 0 radical (unpaired) electrons. The van der Waals surface area contributed by atoms with E-state index in [0.717, 1.165) is 32.6 Å². The maximum atomic E-state index is 12.4. The molecule has 1 saturated heterocycles. The Bertz CT molecular complexity index is 673. The van der Waals surface area contributed by atoms with Crippen molar-refractivity contribution in [2.75, 3.05) is 26.2 Å². The van der Waals surface area contributed by atoms with E-state index in [1.807, 2.05) is 4.90 Å². The summed E-state index contributed by atoms with van der Waals surface area (Å²) in [6.45, 7) is 7.74. The summed E-state index contributed by atoms with van der Waals surface area (Å²) in [5.41, 5.74) is 2.47. The van der Waals surface area contributed by atoms with Gasteiger partial charge in [-0.05, 0) is 18.9 Å². The summed E-state index contributed by atoms with van der Waals surface area (Å²) in [4.78, 5) is 16.6. The van der Waals surface area contributed by atoms with Crippen LogP contribution in [0, 0.1) is 13.8 Å². The molecule has 0 spiro atoms. The maximum absolute atomic E-state index is 12.4. The van der Waals surface area contributed by atoms with Gasteiger partial charge in [-0.25, -0.2) is 0 Å². The largest absolute Gasteiger partial charge is 0.424 e. The average molecular weight is 328 g/mol. The molecule has 3 rings (SSSR count). The highest BCUT2D eigenvalue weighted by Gasteiger charge is 2.22. The van der Waals surface area contributed by atoms with E-state index in [9.17, 15) is 4.79 Å². The number of carbonyl (C=O) groups is 1. The van der Waals surface area contributed by atoms with Gasteiger partial charge in [0, 0.05) is 39.5 Å². The van der Waals surface area contributed by atoms with Crippen LogP contribution in [-0.4, -0.2) is 52.1 Å². The molecule has 6 heteroatoms. The van der Waals surface area contributed by atoms with Gasteiger partial charge in [-0.15, -0.1) is 10.2 Å². The number of carbonyl (C=O) groups excluding carboxylic acids is 1. The summed E-state index contributed by atoms with van der Waals surface area (Å²) in [5, 5.41) is 7.87. The summed E-state index contributed by atoms with van der Waals surface area (Å²) < 4.78 is 5.41. The topological polar surface area (TPSA) is 62.5 Å². The molecule has 0 N–H and O–H groups in total. The molecule has 1 aliphatic rings. The molecule has 0 saturated carbocycles. The first-order valence-corrected chi connectivity index (χ1v) is 8.45. The molecule has 0 unspecified atom stereocenters. The number of hydrogen-bond donors (Lipinski definition) is 0. The number of benzene rings is 1. The van der Waals surface area contributed by atoms with E-state index in [1.165, 1.54) is 11.1 Å². The minimum Gasteiger partial charge on any atom is -0.424 e. The number of aryl methyl sites for hydroxylation is 3. The SMILES string of the molecule is Cc1ccc(CCC(=O)N2CCN(Cc3nnc(C)o3)CC2)cc1. The molecule has 1 fully saturated rings. The number of amides is 1. The zero-order valence-electron chi connectivity index (χ0n) is 14.4. The second-order valence-corrected chi connectivity index (χ2v) is 6.36. The quantitative estimate of drug-likeness (QED) is 0.840. The van der Waals surface area contributed by atoms with Gasteiger partial charge in [0.1, 0.15) is 0 Å². The van der Waals surface area contributed by atoms with Crippen molar-refractivity contribution >= 4 is 5.91 Å². The van der Waals surface area contributed by atoms with Crippen molar-refractivity contribution in [2.24, 2.45) is 0 Å². The van der Waals surface area contributed by atoms with Crippen molar-refractivity contribution in [1.29, 1.82) is 0 Å². The predicted octanol–water partition coefficient (Wildman–Crippen LogP) is 1.96. The molecular weight excluding hydrogens is 304 g/mol. The Balaban J connectivity index is 1.42. The van der Waals surface area contributed by atoms with Crippen LogP contribution < -0.4 is 0 Å². The molecule has 2 aromatic rings. The van der Waals surface area contributed by atoms with Crippen molar-refractivity contribution in [1.82, 2.24) is 20.0 Å². The van der Waals surface area contributed by atoms with Crippen molar-refractivity contribution in [3.8, 4) is 0 Å². The second-order valence-electron chi connectivity index (χ2n) is 6.36. The molecule has 128 valence electrons. The maximum Gasteiger partial charge on any atom is 0.230 e. The first-order valence-electron chi connectivity index (χ1n) is 8.45. The van der Waals surface area contributed by atoms with Gasteiger partial charge >= 0.3 is 0 Å². The fourth-order valence-corrected chi connectivity index (χ4v) is 2.91. The Morgan fingerprint density at radius 1 is 1.08 bits per heavy atom. The molecule has 0 aliphatic carbocycles. The van der Waals surface area contributed by atoms with E-state index in [0.29, 0.717) is 24.7 Å². The fraction of sp³-hybridized carbons (Fsp3) is 0.500. The lowest BCUT2D eigenvalue weighted by molar-refractivity contribution is -0.133.